The third-order valence-electron chi connectivity index (χ3n) is 2.68. The number of likely N-dealkylation sites (tertiary alicyclic amines) is 1. The lowest BCUT2D eigenvalue weighted by Crippen LogP contribution is -2.27. The van der Waals surface area contributed by atoms with Crippen LogP contribution in [-0.4, -0.2) is 25.0 Å². The zero-order valence-corrected chi connectivity index (χ0v) is 9.87. The van der Waals surface area contributed by atoms with Gasteiger partial charge >= 0.3 is 0 Å². The summed E-state index contributed by atoms with van der Waals surface area (Å²) in [7, 11) is 1.90. The van der Waals surface area contributed by atoms with Crippen LogP contribution in [0.5, 0.6) is 0 Å². The Morgan fingerprint density at radius 1 is 1.07 bits per heavy atom. The minimum absolute atomic E-state index is 1.22. The molecule has 2 nitrogen and oxygen atoms in total. The molecule has 15 heavy (non-hydrogen) atoms. The summed E-state index contributed by atoms with van der Waals surface area (Å²) >= 11 is 0. The van der Waals surface area contributed by atoms with E-state index in [0.29, 0.717) is 0 Å². The van der Waals surface area contributed by atoms with E-state index in [0.717, 1.165) is 0 Å². The van der Waals surface area contributed by atoms with Crippen LogP contribution in [0, 0.1) is 0 Å². The van der Waals surface area contributed by atoms with Gasteiger partial charge in [0.25, 0.3) is 0 Å². The van der Waals surface area contributed by atoms with Crippen molar-refractivity contribution in [2.45, 2.75) is 26.2 Å². The summed E-state index contributed by atoms with van der Waals surface area (Å²) in [5.41, 5.74) is 1.38. The molecular formula is C13H22N2. The molecule has 1 rings (SSSR count). The summed E-state index contributed by atoms with van der Waals surface area (Å²) in [5, 5.41) is 2.96. The zero-order chi connectivity index (χ0) is 10.9. The molecule has 84 valence electrons. The molecule has 0 atom stereocenters. The van der Waals surface area contributed by atoms with Crippen LogP contribution in [0.4, 0.5) is 0 Å². The van der Waals surface area contributed by atoms with Crippen LogP contribution in [0.15, 0.2) is 36.2 Å². The van der Waals surface area contributed by atoms with E-state index >= 15 is 0 Å². The van der Waals surface area contributed by atoms with Gasteiger partial charge in [0, 0.05) is 25.8 Å². The van der Waals surface area contributed by atoms with E-state index in [1.165, 1.54) is 38.0 Å². The average Bonchev–Trinajstić information content (AvgIpc) is 2.30. The SMILES string of the molecule is CN/C=C/C=C\C=C(/C)N1CCCCC1. The third-order valence-corrected chi connectivity index (χ3v) is 2.68. The van der Waals surface area contributed by atoms with Crippen molar-refractivity contribution in [2.75, 3.05) is 20.1 Å². The Kier molecular flexibility index (Phi) is 5.67. The van der Waals surface area contributed by atoms with E-state index in [4.69, 9.17) is 0 Å². The van der Waals surface area contributed by atoms with Crippen LogP contribution in [-0.2, 0) is 0 Å². The maximum Gasteiger partial charge on any atom is 0.0174 e. The molecule has 0 radical (unpaired) electrons. The fraction of sp³-hybridized carbons (Fsp3) is 0.538. The molecule has 1 fully saturated rings. The topological polar surface area (TPSA) is 15.3 Å². The Morgan fingerprint density at radius 2 is 1.80 bits per heavy atom. The number of rotatable bonds is 4. The van der Waals surface area contributed by atoms with Crippen molar-refractivity contribution >= 4 is 0 Å². The summed E-state index contributed by atoms with van der Waals surface area (Å²) < 4.78 is 0. The highest BCUT2D eigenvalue weighted by Gasteiger charge is 2.08. The normalized spacial score (nSPS) is 19.1. The second kappa shape index (κ2) is 7.16. The number of hydrogen-bond donors (Lipinski definition) is 1. The van der Waals surface area contributed by atoms with Gasteiger partial charge in [-0.2, -0.15) is 0 Å². The van der Waals surface area contributed by atoms with Crippen LogP contribution in [0.3, 0.4) is 0 Å². The Balaban J connectivity index is 2.36. The first-order valence-electron chi connectivity index (χ1n) is 5.77. The quantitative estimate of drug-likeness (QED) is 0.711. The molecule has 0 spiro atoms. The van der Waals surface area contributed by atoms with Crippen LogP contribution in [0.2, 0.25) is 0 Å². The zero-order valence-electron chi connectivity index (χ0n) is 9.87. The summed E-state index contributed by atoms with van der Waals surface area (Å²) in [5.74, 6) is 0. The van der Waals surface area contributed by atoms with E-state index in [1.54, 1.807) is 0 Å². The lowest BCUT2D eigenvalue weighted by atomic mass is 10.1. The molecule has 0 aromatic heterocycles. The first kappa shape index (κ1) is 11.9. The first-order chi connectivity index (χ1) is 7.34. The molecule has 0 amide bonds. The van der Waals surface area contributed by atoms with Crippen LogP contribution in [0.1, 0.15) is 26.2 Å². The Bertz CT molecular complexity index is 245. The largest absolute Gasteiger partial charge is 0.394 e. The lowest BCUT2D eigenvalue weighted by Gasteiger charge is -2.29. The highest BCUT2D eigenvalue weighted by atomic mass is 15.1. The fourth-order valence-corrected chi connectivity index (χ4v) is 1.76. The van der Waals surface area contributed by atoms with Gasteiger partial charge in [0.1, 0.15) is 0 Å². The molecule has 1 saturated heterocycles. The summed E-state index contributed by atoms with van der Waals surface area (Å²) in [6, 6.07) is 0. The monoisotopic (exact) mass is 206 g/mol. The van der Waals surface area contributed by atoms with Gasteiger partial charge in [0.2, 0.25) is 0 Å². The van der Waals surface area contributed by atoms with Crippen molar-refractivity contribution in [3.63, 3.8) is 0 Å². The molecular weight excluding hydrogens is 184 g/mol. The Hall–Kier alpha value is -1.18. The molecule has 1 heterocycles. The van der Waals surface area contributed by atoms with Gasteiger partial charge < -0.3 is 10.2 Å². The van der Waals surface area contributed by atoms with Crippen molar-refractivity contribution in [1.82, 2.24) is 10.2 Å². The van der Waals surface area contributed by atoms with Crippen molar-refractivity contribution in [1.29, 1.82) is 0 Å². The molecule has 2 heteroatoms. The van der Waals surface area contributed by atoms with Crippen LogP contribution in [0.25, 0.3) is 0 Å². The Labute approximate surface area is 93.4 Å². The predicted octanol–water partition coefficient (Wildman–Crippen LogP) is 2.67. The molecule has 0 unspecified atom stereocenters. The highest BCUT2D eigenvalue weighted by molar-refractivity contribution is 5.14. The maximum absolute atomic E-state index is 2.96. The fourth-order valence-electron chi connectivity index (χ4n) is 1.76. The molecule has 0 saturated carbocycles. The standard InChI is InChI=1S/C13H22N2/c1-13(9-5-3-6-10-14-2)15-11-7-4-8-12-15/h3,5-6,9-10,14H,4,7-8,11-12H2,1-2H3/b5-3-,10-6+,13-9+. The van der Waals surface area contributed by atoms with E-state index in [-0.39, 0.29) is 0 Å². The molecule has 0 aromatic rings. The van der Waals surface area contributed by atoms with Crippen molar-refractivity contribution in [3.8, 4) is 0 Å². The number of nitrogens with zero attached hydrogens (tertiary/aromatic N) is 1. The van der Waals surface area contributed by atoms with Gasteiger partial charge in [0.15, 0.2) is 0 Å². The minimum Gasteiger partial charge on any atom is -0.394 e. The average molecular weight is 206 g/mol. The second-order valence-corrected chi connectivity index (χ2v) is 3.89. The number of piperidine rings is 1. The molecule has 1 aliphatic rings. The van der Waals surface area contributed by atoms with Gasteiger partial charge in [-0.05, 0) is 44.5 Å². The van der Waals surface area contributed by atoms with Crippen LogP contribution < -0.4 is 5.32 Å². The van der Waals surface area contributed by atoms with Gasteiger partial charge in [-0.25, -0.2) is 0 Å². The maximum atomic E-state index is 2.96. The molecule has 1 aliphatic heterocycles. The predicted molar refractivity (Wildman–Crippen MR) is 66.5 cm³/mol. The number of hydrogen-bond acceptors (Lipinski definition) is 2. The lowest BCUT2D eigenvalue weighted by molar-refractivity contribution is 0.286. The summed E-state index contributed by atoms with van der Waals surface area (Å²) in [6.07, 6.45) is 14.3. The van der Waals surface area contributed by atoms with E-state index in [9.17, 15) is 0 Å². The molecule has 1 N–H and O–H groups in total. The van der Waals surface area contributed by atoms with E-state index in [2.05, 4.69) is 29.3 Å². The van der Waals surface area contributed by atoms with E-state index in [1.807, 2.05) is 25.4 Å². The molecule has 0 aliphatic carbocycles. The third kappa shape index (κ3) is 4.73. The first-order valence-corrected chi connectivity index (χ1v) is 5.77. The molecule has 0 bridgehead atoms. The van der Waals surface area contributed by atoms with Crippen molar-refractivity contribution < 1.29 is 0 Å². The van der Waals surface area contributed by atoms with Crippen molar-refractivity contribution in [2.24, 2.45) is 0 Å². The van der Waals surface area contributed by atoms with Crippen LogP contribution >= 0.6 is 0 Å². The van der Waals surface area contributed by atoms with Gasteiger partial charge in [0.05, 0.1) is 0 Å². The van der Waals surface area contributed by atoms with Gasteiger partial charge in [-0.1, -0.05) is 12.2 Å². The van der Waals surface area contributed by atoms with E-state index < -0.39 is 0 Å². The number of allylic oxidation sites excluding steroid dienone is 5. The second-order valence-electron chi connectivity index (χ2n) is 3.89. The van der Waals surface area contributed by atoms with Gasteiger partial charge in [-0.15, -0.1) is 0 Å². The minimum atomic E-state index is 1.22. The Morgan fingerprint density at radius 3 is 2.47 bits per heavy atom. The molecule has 0 aromatic carbocycles. The van der Waals surface area contributed by atoms with Gasteiger partial charge in [-0.3, -0.25) is 0 Å². The van der Waals surface area contributed by atoms with Crippen molar-refractivity contribution in [3.05, 3.63) is 36.2 Å². The highest BCUT2D eigenvalue weighted by Crippen LogP contribution is 2.13. The number of nitrogens with one attached hydrogen (secondary N) is 1. The summed E-state index contributed by atoms with van der Waals surface area (Å²) in [4.78, 5) is 2.47. The smallest absolute Gasteiger partial charge is 0.0174 e. The summed E-state index contributed by atoms with van der Waals surface area (Å²) in [6.45, 7) is 4.64.